The molecule has 0 bridgehead atoms. The van der Waals surface area contributed by atoms with E-state index in [0.717, 1.165) is 18.6 Å². The summed E-state index contributed by atoms with van der Waals surface area (Å²) < 4.78 is 40.2. The van der Waals surface area contributed by atoms with E-state index in [9.17, 15) is 17.6 Å². The highest BCUT2D eigenvalue weighted by molar-refractivity contribution is 7.89. The largest absolute Gasteiger partial charge is 0.341 e. The Labute approximate surface area is 129 Å². The van der Waals surface area contributed by atoms with Gasteiger partial charge in [-0.05, 0) is 37.9 Å². The third-order valence-electron chi connectivity index (χ3n) is 3.76. The zero-order valence-electron chi connectivity index (χ0n) is 12.3. The van der Waals surface area contributed by atoms with Crippen molar-refractivity contribution in [3.63, 3.8) is 0 Å². The molecule has 1 aliphatic rings. The molecule has 3 N–H and O–H groups in total. The molecule has 2 rings (SSSR count). The Balaban J connectivity index is 2.07. The summed E-state index contributed by atoms with van der Waals surface area (Å²) in [4.78, 5) is 13.4. The van der Waals surface area contributed by atoms with Gasteiger partial charge in [-0.1, -0.05) is 12.1 Å². The van der Waals surface area contributed by atoms with Crippen LogP contribution >= 0.6 is 0 Å². The Morgan fingerprint density at radius 2 is 2.18 bits per heavy atom. The van der Waals surface area contributed by atoms with Crippen molar-refractivity contribution in [2.45, 2.75) is 24.3 Å². The Morgan fingerprint density at radius 1 is 1.50 bits per heavy atom. The number of carbonyl (C=O) groups is 1. The van der Waals surface area contributed by atoms with Crippen molar-refractivity contribution < 1.29 is 17.6 Å². The zero-order valence-corrected chi connectivity index (χ0v) is 13.1. The van der Waals surface area contributed by atoms with E-state index in [-0.39, 0.29) is 11.8 Å². The third-order valence-corrected chi connectivity index (χ3v) is 5.33. The van der Waals surface area contributed by atoms with Crippen LogP contribution in [0.1, 0.15) is 13.3 Å². The van der Waals surface area contributed by atoms with Crippen LogP contribution in [0, 0.1) is 11.7 Å². The fourth-order valence-corrected chi connectivity index (χ4v) is 3.78. The molecule has 0 aliphatic carbocycles. The maximum absolute atomic E-state index is 13.6. The summed E-state index contributed by atoms with van der Waals surface area (Å²) in [6.45, 7) is 3.04. The van der Waals surface area contributed by atoms with E-state index < -0.39 is 26.8 Å². The number of halogens is 1. The van der Waals surface area contributed by atoms with Crippen molar-refractivity contribution in [1.82, 2.24) is 9.62 Å². The highest BCUT2D eigenvalue weighted by Crippen LogP contribution is 2.17. The van der Waals surface area contributed by atoms with Crippen molar-refractivity contribution >= 4 is 15.9 Å². The lowest BCUT2D eigenvalue weighted by Gasteiger charge is -2.21. The highest BCUT2D eigenvalue weighted by atomic mass is 32.2. The maximum Gasteiger partial charge on any atom is 0.244 e. The summed E-state index contributed by atoms with van der Waals surface area (Å²) in [5.74, 6) is -0.922. The van der Waals surface area contributed by atoms with Gasteiger partial charge in [-0.3, -0.25) is 4.79 Å². The smallest absolute Gasteiger partial charge is 0.244 e. The number of nitrogens with two attached hydrogens (primary N) is 1. The second-order valence-corrected chi connectivity index (χ2v) is 7.13. The fourth-order valence-electron chi connectivity index (χ4n) is 2.51. The number of hydrogen-bond acceptors (Lipinski definition) is 4. The summed E-state index contributed by atoms with van der Waals surface area (Å²) >= 11 is 0. The van der Waals surface area contributed by atoms with E-state index in [1.165, 1.54) is 19.1 Å². The SMILES string of the molecule is CC(NS(=O)(=O)c1ccccc1F)C(=O)N1CCC(CN)C1. The molecule has 1 heterocycles. The van der Waals surface area contributed by atoms with Gasteiger partial charge in [0.25, 0.3) is 0 Å². The first kappa shape index (κ1) is 16.9. The number of likely N-dealkylation sites (tertiary alicyclic amines) is 1. The number of amides is 1. The Bertz CT molecular complexity index is 650. The van der Waals surface area contributed by atoms with E-state index >= 15 is 0 Å². The molecule has 1 fully saturated rings. The molecule has 6 nitrogen and oxygen atoms in total. The summed E-state index contributed by atoms with van der Waals surface area (Å²) in [5, 5.41) is 0. The van der Waals surface area contributed by atoms with E-state index in [0.29, 0.717) is 19.6 Å². The number of benzene rings is 1. The quantitative estimate of drug-likeness (QED) is 0.813. The summed E-state index contributed by atoms with van der Waals surface area (Å²) in [7, 11) is -4.08. The summed E-state index contributed by atoms with van der Waals surface area (Å²) in [6.07, 6.45) is 0.815. The van der Waals surface area contributed by atoms with E-state index in [1.54, 1.807) is 4.90 Å². The number of sulfonamides is 1. The predicted molar refractivity (Wildman–Crippen MR) is 79.9 cm³/mol. The molecule has 1 aliphatic heterocycles. The van der Waals surface area contributed by atoms with Gasteiger partial charge in [-0.2, -0.15) is 4.72 Å². The number of nitrogens with zero attached hydrogens (tertiary/aromatic N) is 1. The Hall–Kier alpha value is -1.51. The standard InChI is InChI=1S/C14H20FN3O3S/c1-10(14(19)18-7-6-11(8-16)9-18)17-22(20,21)13-5-3-2-4-12(13)15/h2-5,10-11,17H,6-9,16H2,1H3. The Kier molecular flexibility index (Phi) is 5.15. The van der Waals surface area contributed by atoms with E-state index in [2.05, 4.69) is 4.72 Å². The Morgan fingerprint density at radius 3 is 2.77 bits per heavy atom. The predicted octanol–water partition coefficient (Wildman–Crippen LogP) is 0.300. The first-order chi connectivity index (χ1) is 10.3. The third kappa shape index (κ3) is 3.63. The number of carbonyl (C=O) groups excluding carboxylic acids is 1. The second kappa shape index (κ2) is 6.72. The van der Waals surface area contributed by atoms with Crippen molar-refractivity contribution in [2.75, 3.05) is 19.6 Å². The van der Waals surface area contributed by atoms with Crippen LogP contribution in [-0.2, 0) is 14.8 Å². The van der Waals surface area contributed by atoms with Crippen molar-refractivity contribution in [3.8, 4) is 0 Å². The van der Waals surface area contributed by atoms with Gasteiger partial charge in [0.2, 0.25) is 15.9 Å². The molecule has 0 radical (unpaired) electrons. The van der Waals surface area contributed by atoms with Crippen LogP contribution in [0.25, 0.3) is 0 Å². The molecule has 122 valence electrons. The fraction of sp³-hybridized carbons (Fsp3) is 0.500. The average Bonchev–Trinajstić information content (AvgIpc) is 2.95. The molecule has 1 saturated heterocycles. The van der Waals surface area contributed by atoms with Gasteiger partial charge < -0.3 is 10.6 Å². The lowest BCUT2D eigenvalue weighted by atomic mass is 10.1. The molecule has 0 saturated carbocycles. The molecule has 22 heavy (non-hydrogen) atoms. The van der Waals surface area contributed by atoms with Crippen LogP contribution in [0.2, 0.25) is 0 Å². The van der Waals surface area contributed by atoms with Crippen LogP contribution in [0.4, 0.5) is 4.39 Å². The van der Waals surface area contributed by atoms with E-state index in [1.807, 2.05) is 0 Å². The highest BCUT2D eigenvalue weighted by Gasteiger charge is 2.31. The lowest BCUT2D eigenvalue weighted by molar-refractivity contribution is -0.131. The van der Waals surface area contributed by atoms with Crippen molar-refractivity contribution in [3.05, 3.63) is 30.1 Å². The topological polar surface area (TPSA) is 92.5 Å². The van der Waals surface area contributed by atoms with Gasteiger partial charge in [-0.25, -0.2) is 12.8 Å². The molecule has 0 aromatic heterocycles. The van der Waals surface area contributed by atoms with Gasteiger partial charge in [-0.15, -0.1) is 0 Å². The molecular formula is C14H20FN3O3S. The molecule has 1 aromatic rings. The van der Waals surface area contributed by atoms with E-state index in [4.69, 9.17) is 5.73 Å². The number of nitrogens with one attached hydrogen (secondary N) is 1. The summed E-state index contributed by atoms with van der Waals surface area (Å²) in [5.41, 5.74) is 5.58. The minimum absolute atomic E-state index is 0.249. The molecule has 0 spiro atoms. The molecule has 1 amide bonds. The summed E-state index contributed by atoms with van der Waals surface area (Å²) in [6, 6.07) is 4.10. The monoisotopic (exact) mass is 329 g/mol. The van der Waals surface area contributed by atoms with Crippen LogP contribution in [0.15, 0.2) is 29.2 Å². The average molecular weight is 329 g/mol. The first-order valence-electron chi connectivity index (χ1n) is 7.11. The molecule has 8 heteroatoms. The van der Waals surface area contributed by atoms with Gasteiger partial charge in [0.05, 0.1) is 6.04 Å². The molecular weight excluding hydrogens is 309 g/mol. The zero-order chi connectivity index (χ0) is 16.3. The normalized spacial score (nSPS) is 20.1. The second-order valence-electron chi connectivity index (χ2n) is 5.45. The number of rotatable bonds is 5. The molecule has 2 unspecified atom stereocenters. The van der Waals surface area contributed by atoms with Crippen LogP contribution in [0.5, 0.6) is 0 Å². The maximum atomic E-state index is 13.6. The van der Waals surface area contributed by atoms with Crippen LogP contribution in [-0.4, -0.2) is 44.9 Å². The van der Waals surface area contributed by atoms with Crippen molar-refractivity contribution in [1.29, 1.82) is 0 Å². The molecule has 2 atom stereocenters. The van der Waals surface area contributed by atoms with Crippen LogP contribution in [0.3, 0.4) is 0 Å². The van der Waals surface area contributed by atoms with Gasteiger partial charge in [0.15, 0.2) is 0 Å². The minimum Gasteiger partial charge on any atom is -0.341 e. The van der Waals surface area contributed by atoms with Crippen molar-refractivity contribution in [2.24, 2.45) is 11.7 Å². The van der Waals surface area contributed by atoms with Gasteiger partial charge in [0.1, 0.15) is 10.7 Å². The minimum atomic E-state index is -4.08. The first-order valence-corrected chi connectivity index (χ1v) is 8.59. The van der Waals surface area contributed by atoms with Gasteiger partial charge >= 0.3 is 0 Å². The molecule has 1 aromatic carbocycles. The van der Waals surface area contributed by atoms with Crippen LogP contribution < -0.4 is 10.5 Å². The lowest BCUT2D eigenvalue weighted by Crippen LogP contribution is -2.46. The van der Waals surface area contributed by atoms with Gasteiger partial charge in [0, 0.05) is 13.1 Å². The number of hydrogen-bond donors (Lipinski definition) is 2.